The molecule has 0 aliphatic carbocycles. The van der Waals surface area contributed by atoms with Gasteiger partial charge in [-0.1, -0.05) is 19.1 Å². The van der Waals surface area contributed by atoms with E-state index in [1.165, 1.54) is 0 Å². The van der Waals surface area contributed by atoms with Crippen LogP contribution >= 0.6 is 0 Å². The summed E-state index contributed by atoms with van der Waals surface area (Å²) in [6, 6.07) is 7.71. The second-order valence-corrected chi connectivity index (χ2v) is 4.55. The summed E-state index contributed by atoms with van der Waals surface area (Å²) in [5.74, 6) is 0.154. The molecular formula is C15H25N3O. The fourth-order valence-corrected chi connectivity index (χ4v) is 2.17. The smallest absolute Gasteiger partial charge is 0.242 e. The Morgan fingerprint density at radius 3 is 2.32 bits per heavy atom. The second kappa shape index (κ2) is 7.67. The number of nitrogens with zero attached hydrogens (tertiary/aromatic N) is 2. The Kier molecular flexibility index (Phi) is 6.19. The predicted molar refractivity (Wildman–Crippen MR) is 81.3 cm³/mol. The van der Waals surface area contributed by atoms with Crippen LogP contribution in [-0.2, 0) is 4.79 Å². The van der Waals surface area contributed by atoms with Crippen molar-refractivity contribution in [1.29, 1.82) is 0 Å². The van der Waals surface area contributed by atoms with Crippen LogP contribution in [0.3, 0.4) is 0 Å². The van der Waals surface area contributed by atoms with Crippen molar-refractivity contribution < 1.29 is 4.79 Å². The first-order valence-electron chi connectivity index (χ1n) is 7.01. The maximum atomic E-state index is 12.2. The third kappa shape index (κ3) is 4.16. The number of anilines is 2. The molecule has 19 heavy (non-hydrogen) atoms. The van der Waals surface area contributed by atoms with E-state index in [-0.39, 0.29) is 5.91 Å². The van der Waals surface area contributed by atoms with Crippen LogP contribution in [-0.4, -0.2) is 37.0 Å². The minimum Gasteiger partial charge on any atom is -0.397 e. The van der Waals surface area contributed by atoms with E-state index in [4.69, 9.17) is 5.73 Å². The van der Waals surface area contributed by atoms with Crippen molar-refractivity contribution in [2.45, 2.75) is 27.2 Å². The highest BCUT2D eigenvalue weighted by Crippen LogP contribution is 2.22. The minimum atomic E-state index is 0.154. The molecular weight excluding hydrogens is 238 g/mol. The van der Waals surface area contributed by atoms with Crippen LogP contribution in [0.25, 0.3) is 0 Å². The van der Waals surface area contributed by atoms with Crippen molar-refractivity contribution in [2.75, 3.05) is 36.8 Å². The molecule has 0 aliphatic rings. The van der Waals surface area contributed by atoms with Crippen molar-refractivity contribution in [3.8, 4) is 0 Å². The summed E-state index contributed by atoms with van der Waals surface area (Å²) >= 11 is 0. The van der Waals surface area contributed by atoms with Crippen molar-refractivity contribution >= 4 is 17.3 Å². The zero-order valence-electron chi connectivity index (χ0n) is 12.2. The number of hydrogen-bond acceptors (Lipinski definition) is 3. The zero-order valence-corrected chi connectivity index (χ0v) is 12.2. The van der Waals surface area contributed by atoms with Crippen LogP contribution in [0, 0.1) is 0 Å². The quantitative estimate of drug-likeness (QED) is 0.768. The number of nitrogens with two attached hydrogens (primary N) is 1. The van der Waals surface area contributed by atoms with Crippen molar-refractivity contribution in [3.05, 3.63) is 24.3 Å². The molecule has 0 saturated carbocycles. The summed E-state index contributed by atoms with van der Waals surface area (Å²) in [7, 11) is 0. The predicted octanol–water partition coefficient (Wildman–Crippen LogP) is 2.35. The molecule has 106 valence electrons. The SMILES string of the molecule is CCCN(CC(=O)N(CC)CC)c1ccccc1N. The zero-order chi connectivity index (χ0) is 14.3. The van der Waals surface area contributed by atoms with Crippen LogP contribution in [0.4, 0.5) is 11.4 Å². The highest BCUT2D eigenvalue weighted by atomic mass is 16.2. The molecule has 0 spiro atoms. The molecule has 0 aliphatic heterocycles. The lowest BCUT2D eigenvalue weighted by atomic mass is 10.2. The molecule has 1 rings (SSSR count). The molecule has 0 aromatic heterocycles. The van der Waals surface area contributed by atoms with Gasteiger partial charge in [-0.25, -0.2) is 0 Å². The Hall–Kier alpha value is -1.71. The molecule has 0 radical (unpaired) electrons. The molecule has 1 aromatic carbocycles. The number of benzene rings is 1. The molecule has 4 nitrogen and oxygen atoms in total. The van der Waals surface area contributed by atoms with Gasteiger partial charge in [-0.3, -0.25) is 4.79 Å². The Labute approximate surface area is 116 Å². The van der Waals surface area contributed by atoms with Crippen LogP contribution in [0.1, 0.15) is 27.2 Å². The first-order valence-corrected chi connectivity index (χ1v) is 7.01. The molecule has 0 atom stereocenters. The van der Waals surface area contributed by atoms with E-state index in [2.05, 4.69) is 11.8 Å². The molecule has 0 unspecified atom stereocenters. The average Bonchev–Trinajstić information content (AvgIpc) is 2.40. The van der Waals surface area contributed by atoms with E-state index < -0.39 is 0 Å². The van der Waals surface area contributed by atoms with Gasteiger partial charge in [-0.2, -0.15) is 0 Å². The summed E-state index contributed by atoms with van der Waals surface area (Å²) in [5.41, 5.74) is 7.68. The van der Waals surface area contributed by atoms with E-state index >= 15 is 0 Å². The number of para-hydroxylation sites is 2. The number of amides is 1. The molecule has 0 fully saturated rings. The summed E-state index contributed by atoms with van der Waals surface area (Å²) < 4.78 is 0. The van der Waals surface area contributed by atoms with E-state index in [0.717, 1.165) is 37.4 Å². The second-order valence-electron chi connectivity index (χ2n) is 4.55. The van der Waals surface area contributed by atoms with Gasteiger partial charge < -0.3 is 15.5 Å². The van der Waals surface area contributed by atoms with Gasteiger partial charge >= 0.3 is 0 Å². The third-order valence-electron chi connectivity index (χ3n) is 3.21. The largest absolute Gasteiger partial charge is 0.397 e. The summed E-state index contributed by atoms with van der Waals surface area (Å²) in [6.07, 6.45) is 0.986. The molecule has 1 aromatic rings. The molecule has 0 heterocycles. The lowest BCUT2D eigenvalue weighted by Crippen LogP contribution is -2.40. The minimum absolute atomic E-state index is 0.154. The van der Waals surface area contributed by atoms with Crippen molar-refractivity contribution in [2.24, 2.45) is 0 Å². The third-order valence-corrected chi connectivity index (χ3v) is 3.21. The van der Waals surface area contributed by atoms with E-state index in [9.17, 15) is 4.79 Å². The molecule has 0 bridgehead atoms. The van der Waals surface area contributed by atoms with E-state index in [0.29, 0.717) is 6.54 Å². The summed E-state index contributed by atoms with van der Waals surface area (Å²) in [4.78, 5) is 16.1. The highest BCUT2D eigenvalue weighted by Gasteiger charge is 2.16. The van der Waals surface area contributed by atoms with Gasteiger partial charge in [-0.05, 0) is 32.4 Å². The fourth-order valence-electron chi connectivity index (χ4n) is 2.17. The number of carbonyl (C=O) groups excluding carboxylic acids is 1. The normalized spacial score (nSPS) is 10.3. The highest BCUT2D eigenvalue weighted by molar-refractivity contribution is 5.83. The van der Waals surface area contributed by atoms with Gasteiger partial charge in [0.2, 0.25) is 5.91 Å². The first kappa shape index (κ1) is 15.3. The van der Waals surface area contributed by atoms with Crippen LogP contribution in [0.5, 0.6) is 0 Å². The number of nitrogen functional groups attached to an aromatic ring is 1. The first-order chi connectivity index (χ1) is 9.13. The number of rotatable bonds is 7. The van der Waals surface area contributed by atoms with Crippen molar-refractivity contribution in [1.82, 2.24) is 4.90 Å². The van der Waals surface area contributed by atoms with Gasteiger partial charge in [0.25, 0.3) is 0 Å². The van der Waals surface area contributed by atoms with Crippen LogP contribution in [0.2, 0.25) is 0 Å². The van der Waals surface area contributed by atoms with Gasteiger partial charge in [0.1, 0.15) is 0 Å². The summed E-state index contributed by atoms with van der Waals surface area (Å²) in [5, 5.41) is 0. The van der Waals surface area contributed by atoms with Crippen LogP contribution in [0.15, 0.2) is 24.3 Å². The van der Waals surface area contributed by atoms with Gasteiger partial charge in [-0.15, -0.1) is 0 Å². The molecule has 4 heteroatoms. The monoisotopic (exact) mass is 263 g/mol. The van der Waals surface area contributed by atoms with Crippen LogP contribution < -0.4 is 10.6 Å². The number of hydrogen-bond donors (Lipinski definition) is 1. The summed E-state index contributed by atoms with van der Waals surface area (Å²) in [6.45, 7) is 8.84. The Bertz CT molecular complexity index is 402. The molecule has 2 N–H and O–H groups in total. The van der Waals surface area contributed by atoms with E-state index in [1.54, 1.807) is 0 Å². The lowest BCUT2D eigenvalue weighted by molar-refractivity contribution is -0.129. The maximum absolute atomic E-state index is 12.2. The topological polar surface area (TPSA) is 49.6 Å². The van der Waals surface area contributed by atoms with Gasteiger partial charge in [0.15, 0.2) is 0 Å². The number of likely N-dealkylation sites (N-methyl/N-ethyl adjacent to an activating group) is 1. The fraction of sp³-hybridized carbons (Fsp3) is 0.533. The van der Waals surface area contributed by atoms with Crippen molar-refractivity contribution in [3.63, 3.8) is 0 Å². The van der Waals surface area contributed by atoms with Gasteiger partial charge in [0, 0.05) is 19.6 Å². The Morgan fingerprint density at radius 1 is 1.16 bits per heavy atom. The molecule has 0 saturated heterocycles. The lowest BCUT2D eigenvalue weighted by Gasteiger charge is -2.28. The van der Waals surface area contributed by atoms with E-state index in [1.807, 2.05) is 43.0 Å². The Morgan fingerprint density at radius 2 is 1.79 bits per heavy atom. The number of carbonyl (C=O) groups is 1. The molecule has 1 amide bonds. The standard InChI is InChI=1S/C15H25N3O/c1-4-11-18(12-15(19)17(5-2)6-3)14-10-8-7-9-13(14)16/h7-10H,4-6,11-12,16H2,1-3H3. The average molecular weight is 263 g/mol. The maximum Gasteiger partial charge on any atom is 0.242 e. The Balaban J connectivity index is 2.84. The van der Waals surface area contributed by atoms with Gasteiger partial charge in [0.05, 0.1) is 17.9 Å².